The predicted molar refractivity (Wildman–Crippen MR) is 52.6 cm³/mol. The van der Waals surface area contributed by atoms with Gasteiger partial charge in [0.25, 0.3) is 0 Å². The highest BCUT2D eigenvalue weighted by Crippen LogP contribution is 1.85. The molecule has 0 atom stereocenters. The summed E-state index contributed by atoms with van der Waals surface area (Å²) in [7, 11) is 1.58. The number of nitrogens with one attached hydrogen (secondary N) is 1. The van der Waals surface area contributed by atoms with Crippen LogP contribution < -0.4 is 5.32 Å². The monoisotopic (exact) mass is 199 g/mol. The molecule has 14 heavy (non-hydrogen) atoms. The van der Waals surface area contributed by atoms with E-state index in [9.17, 15) is 4.79 Å². The van der Waals surface area contributed by atoms with E-state index in [1.54, 1.807) is 12.0 Å². The van der Waals surface area contributed by atoms with E-state index < -0.39 is 0 Å². The summed E-state index contributed by atoms with van der Waals surface area (Å²) >= 11 is 0. The number of ether oxygens (including phenoxy) is 1. The van der Waals surface area contributed by atoms with Gasteiger partial charge in [0.05, 0.1) is 25.8 Å². The van der Waals surface area contributed by atoms with Crippen LogP contribution in [0.15, 0.2) is 0 Å². The summed E-state index contributed by atoms with van der Waals surface area (Å²) < 4.78 is 4.79. The fraction of sp³-hybridized carbons (Fsp3) is 0.778. The summed E-state index contributed by atoms with van der Waals surface area (Å²) in [5, 5.41) is 11.1. The molecule has 0 aliphatic heterocycles. The smallest absolute Gasteiger partial charge is 0.234 e. The summed E-state index contributed by atoms with van der Waals surface area (Å²) in [5.74, 6) is -0.0702. The van der Waals surface area contributed by atoms with Gasteiger partial charge in [-0.2, -0.15) is 5.26 Å². The second-order valence-electron chi connectivity index (χ2n) is 2.80. The fourth-order valence-corrected chi connectivity index (χ4v) is 0.931. The Labute approximate surface area is 84.6 Å². The minimum atomic E-state index is -0.0702. The van der Waals surface area contributed by atoms with Crippen LogP contribution in [0.25, 0.3) is 0 Å². The molecule has 0 aromatic heterocycles. The molecular formula is C9H17N3O2. The number of rotatable bonds is 7. The highest BCUT2D eigenvalue weighted by molar-refractivity contribution is 5.77. The normalized spacial score (nSPS) is 9.86. The van der Waals surface area contributed by atoms with Gasteiger partial charge in [-0.1, -0.05) is 6.92 Å². The van der Waals surface area contributed by atoms with E-state index in [0.717, 1.165) is 0 Å². The molecular weight excluding hydrogens is 182 g/mol. The summed E-state index contributed by atoms with van der Waals surface area (Å²) in [6, 6.07) is 2.01. The van der Waals surface area contributed by atoms with Crippen LogP contribution in [0, 0.1) is 11.3 Å². The fourth-order valence-electron chi connectivity index (χ4n) is 0.931. The van der Waals surface area contributed by atoms with Crippen molar-refractivity contribution in [2.45, 2.75) is 6.92 Å². The van der Waals surface area contributed by atoms with E-state index in [1.807, 2.05) is 13.0 Å². The summed E-state index contributed by atoms with van der Waals surface area (Å²) in [4.78, 5) is 13.0. The number of hydrogen-bond donors (Lipinski definition) is 1. The number of carbonyl (C=O) groups excluding carboxylic acids is 1. The number of nitrogens with zero attached hydrogens (tertiary/aromatic N) is 2. The van der Waals surface area contributed by atoms with Gasteiger partial charge in [0.2, 0.25) is 5.91 Å². The van der Waals surface area contributed by atoms with Crippen molar-refractivity contribution in [1.29, 1.82) is 5.26 Å². The van der Waals surface area contributed by atoms with Crippen molar-refractivity contribution >= 4 is 5.91 Å². The van der Waals surface area contributed by atoms with Gasteiger partial charge >= 0.3 is 0 Å². The Hall–Kier alpha value is -1.12. The Morgan fingerprint density at radius 3 is 2.86 bits per heavy atom. The standard InChI is InChI=1S/C9H17N3O2/c1-3-12(6-4-10)8-9(13)11-5-7-14-2/h3,5-8H2,1-2H3,(H,11,13). The Bertz CT molecular complexity index is 201. The van der Waals surface area contributed by atoms with Crippen LogP contribution in [0.3, 0.4) is 0 Å². The first-order valence-electron chi connectivity index (χ1n) is 4.59. The Balaban J connectivity index is 3.63. The molecule has 0 aromatic carbocycles. The Morgan fingerprint density at radius 1 is 1.64 bits per heavy atom. The lowest BCUT2D eigenvalue weighted by Gasteiger charge is -2.15. The lowest BCUT2D eigenvalue weighted by Crippen LogP contribution is -2.38. The van der Waals surface area contributed by atoms with Crippen LogP contribution in [0.2, 0.25) is 0 Å². The number of hydrogen-bond acceptors (Lipinski definition) is 4. The average molecular weight is 199 g/mol. The first kappa shape index (κ1) is 12.9. The average Bonchev–Trinajstić information content (AvgIpc) is 2.17. The van der Waals surface area contributed by atoms with Crippen molar-refractivity contribution < 1.29 is 9.53 Å². The van der Waals surface area contributed by atoms with Crippen LogP contribution in [-0.2, 0) is 9.53 Å². The number of methoxy groups -OCH3 is 1. The topological polar surface area (TPSA) is 65.4 Å². The molecule has 0 fully saturated rings. The predicted octanol–water partition coefficient (Wildman–Crippen LogP) is -0.406. The van der Waals surface area contributed by atoms with Gasteiger partial charge in [0.1, 0.15) is 0 Å². The largest absolute Gasteiger partial charge is 0.383 e. The number of likely N-dealkylation sites (N-methyl/N-ethyl adjacent to an activating group) is 1. The van der Waals surface area contributed by atoms with Crippen molar-refractivity contribution in [3.63, 3.8) is 0 Å². The first-order chi connectivity index (χ1) is 6.74. The van der Waals surface area contributed by atoms with Gasteiger partial charge in [0, 0.05) is 13.7 Å². The number of amides is 1. The van der Waals surface area contributed by atoms with Gasteiger partial charge in [-0.05, 0) is 6.54 Å². The molecule has 0 unspecified atom stereocenters. The zero-order valence-electron chi connectivity index (χ0n) is 8.75. The van der Waals surface area contributed by atoms with Crippen LogP contribution in [-0.4, -0.2) is 50.7 Å². The third kappa shape index (κ3) is 6.40. The Kier molecular flexibility index (Phi) is 7.80. The molecule has 1 amide bonds. The molecule has 0 radical (unpaired) electrons. The summed E-state index contributed by atoms with van der Waals surface area (Å²) in [6.45, 7) is 4.20. The third-order valence-electron chi connectivity index (χ3n) is 1.74. The van der Waals surface area contributed by atoms with Crippen molar-refractivity contribution in [3.8, 4) is 6.07 Å². The maximum Gasteiger partial charge on any atom is 0.234 e. The quantitative estimate of drug-likeness (QED) is 0.447. The van der Waals surface area contributed by atoms with Gasteiger partial charge in [-0.15, -0.1) is 0 Å². The third-order valence-corrected chi connectivity index (χ3v) is 1.74. The Morgan fingerprint density at radius 2 is 2.36 bits per heavy atom. The molecule has 1 N–H and O–H groups in total. The second-order valence-corrected chi connectivity index (χ2v) is 2.80. The molecule has 5 heteroatoms. The van der Waals surface area contributed by atoms with Gasteiger partial charge in [-0.3, -0.25) is 9.69 Å². The molecule has 0 aliphatic rings. The minimum absolute atomic E-state index is 0.0702. The maximum absolute atomic E-state index is 11.2. The van der Waals surface area contributed by atoms with Crippen molar-refractivity contribution in [1.82, 2.24) is 10.2 Å². The van der Waals surface area contributed by atoms with Crippen molar-refractivity contribution in [2.24, 2.45) is 0 Å². The zero-order chi connectivity index (χ0) is 10.8. The lowest BCUT2D eigenvalue weighted by atomic mass is 10.4. The molecule has 0 spiro atoms. The van der Waals surface area contributed by atoms with Gasteiger partial charge in [0.15, 0.2) is 0 Å². The number of carbonyl (C=O) groups is 1. The molecule has 80 valence electrons. The summed E-state index contributed by atoms with van der Waals surface area (Å²) in [5.41, 5.74) is 0. The minimum Gasteiger partial charge on any atom is -0.383 e. The molecule has 0 heterocycles. The highest BCUT2D eigenvalue weighted by Gasteiger charge is 2.07. The molecule has 0 rings (SSSR count). The molecule has 0 saturated carbocycles. The van der Waals surface area contributed by atoms with Crippen molar-refractivity contribution in [2.75, 3.05) is 39.9 Å². The van der Waals surface area contributed by atoms with Gasteiger partial charge in [-0.25, -0.2) is 0 Å². The van der Waals surface area contributed by atoms with Crippen molar-refractivity contribution in [3.05, 3.63) is 0 Å². The molecule has 0 aliphatic carbocycles. The summed E-state index contributed by atoms with van der Waals surface area (Å²) in [6.07, 6.45) is 0. The van der Waals surface area contributed by atoms with E-state index in [2.05, 4.69) is 5.32 Å². The number of nitriles is 1. The van der Waals surface area contributed by atoms with Crippen LogP contribution in [0.5, 0.6) is 0 Å². The van der Waals surface area contributed by atoms with Crippen LogP contribution >= 0.6 is 0 Å². The maximum atomic E-state index is 11.2. The van der Waals surface area contributed by atoms with E-state index >= 15 is 0 Å². The van der Waals surface area contributed by atoms with E-state index in [4.69, 9.17) is 10.00 Å². The van der Waals surface area contributed by atoms with Gasteiger partial charge < -0.3 is 10.1 Å². The molecule has 0 saturated heterocycles. The molecule has 0 aromatic rings. The van der Waals surface area contributed by atoms with E-state index in [1.165, 1.54) is 0 Å². The highest BCUT2D eigenvalue weighted by atomic mass is 16.5. The molecule has 5 nitrogen and oxygen atoms in total. The first-order valence-corrected chi connectivity index (χ1v) is 4.59. The van der Waals surface area contributed by atoms with Crippen LogP contribution in [0.4, 0.5) is 0 Å². The van der Waals surface area contributed by atoms with Crippen LogP contribution in [0.1, 0.15) is 6.92 Å². The molecule has 0 bridgehead atoms. The van der Waals surface area contributed by atoms with E-state index in [0.29, 0.717) is 19.7 Å². The lowest BCUT2D eigenvalue weighted by molar-refractivity contribution is -0.122. The zero-order valence-corrected chi connectivity index (χ0v) is 8.75. The SMILES string of the molecule is CCN(CC#N)CC(=O)NCCOC. The van der Waals surface area contributed by atoms with E-state index in [-0.39, 0.29) is 19.0 Å². The second kappa shape index (κ2) is 8.48.